The molecule has 1 aliphatic carbocycles. The molecular formula is C19H14F3N7O2S. The number of hydrogen-bond donors (Lipinski definition) is 2. The highest BCUT2D eigenvalue weighted by Gasteiger charge is 2.68. The van der Waals surface area contributed by atoms with Crippen LogP contribution >= 0.6 is 11.3 Å². The lowest BCUT2D eigenvalue weighted by atomic mass is 10.1. The van der Waals surface area contributed by atoms with Crippen molar-refractivity contribution in [2.24, 2.45) is 5.41 Å². The van der Waals surface area contributed by atoms with Crippen LogP contribution in [0.2, 0.25) is 0 Å². The molecule has 164 valence electrons. The lowest BCUT2D eigenvalue weighted by molar-refractivity contribution is -0.189. The van der Waals surface area contributed by atoms with Crippen molar-refractivity contribution >= 4 is 34.1 Å². The van der Waals surface area contributed by atoms with Gasteiger partial charge in [-0.15, -0.1) is 11.3 Å². The zero-order valence-corrected chi connectivity index (χ0v) is 17.2. The van der Waals surface area contributed by atoms with Crippen LogP contribution in [0.3, 0.4) is 0 Å². The standard InChI is InChI=1S/C19H14F3N7O2S/c1-31-11-4-10-15(27-16(11)28-17(30)18(2-3-18)19(20,21)22)14(25-7-24-10)9-5-26-29-13(9)12-6-23-8-32-12/h4-8H,2-3H2,1H3,(H,26,29)(H,27,28,30). The number of nitrogens with one attached hydrogen (secondary N) is 2. The monoisotopic (exact) mass is 461 g/mol. The molecule has 9 nitrogen and oxygen atoms in total. The van der Waals surface area contributed by atoms with Gasteiger partial charge < -0.3 is 10.1 Å². The molecule has 2 N–H and O–H groups in total. The van der Waals surface area contributed by atoms with E-state index in [0.29, 0.717) is 22.5 Å². The van der Waals surface area contributed by atoms with Crippen molar-refractivity contribution in [1.29, 1.82) is 0 Å². The minimum absolute atomic E-state index is 0.0864. The fourth-order valence-corrected chi connectivity index (χ4v) is 4.02. The quantitative estimate of drug-likeness (QED) is 0.464. The molecule has 13 heteroatoms. The van der Waals surface area contributed by atoms with Gasteiger partial charge in [-0.3, -0.25) is 14.9 Å². The molecule has 1 fully saturated rings. The second kappa shape index (κ2) is 7.22. The fourth-order valence-electron chi connectivity index (χ4n) is 3.39. The topological polar surface area (TPSA) is 119 Å². The Kier molecular flexibility index (Phi) is 4.58. The summed E-state index contributed by atoms with van der Waals surface area (Å²) < 4.78 is 45.3. The number of aromatic nitrogens is 6. The number of fused-ring (bicyclic) bond motifs is 1. The molecule has 0 spiro atoms. The van der Waals surface area contributed by atoms with Gasteiger partial charge in [0.05, 0.1) is 23.0 Å². The number of carbonyl (C=O) groups is 1. The summed E-state index contributed by atoms with van der Waals surface area (Å²) in [6.45, 7) is 0. The first kappa shape index (κ1) is 20.3. The zero-order chi connectivity index (χ0) is 22.5. The number of thiazole rings is 1. The van der Waals surface area contributed by atoms with Gasteiger partial charge in [0.15, 0.2) is 11.6 Å². The summed E-state index contributed by atoms with van der Waals surface area (Å²) in [6, 6.07) is 1.49. The van der Waals surface area contributed by atoms with Crippen molar-refractivity contribution in [3.8, 4) is 27.6 Å². The molecule has 4 heterocycles. The summed E-state index contributed by atoms with van der Waals surface area (Å²) in [5.74, 6) is -1.22. The van der Waals surface area contributed by atoms with Gasteiger partial charge in [0.1, 0.15) is 28.6 Å². The maximum absolute atomic E-state index is 13.4. The van der Waals surface area contributed by atoms with E-state index in [1.54, 1.807) is 17.9 Å². The van der Waals surface area contributed by atoms with Crippen LogP contribution in [0.4, 0.5) is 19.0 Å². The molecule has 0 aromatic carbocycles. The average Bonchev–Trinajstić information content (AvgIpc) is 3.18. The van der Waals surface area contributed by atoms with Gasteiger partial charge in [0.2, 0.25) is 5.91 Å². The SMILES string of the molecule is COc1cc2ncnc(-c3c[nH]nc3-c3cncs3)c2nc1NC(=O)C1(C(F)(F)F)CC1. The first-order chi connectivity index (χ1) is 15.3. The number of amides is 1. The molecule has 1 aliphatic rings. The number of halogens is 3. The molecule has 32 heavy (non-hydrogen) atoms. The number of ether oxygens (including phenoxy) is 1. The number of anilines is 1. The van der Waals surface area contributed by atoms with Crippen molar-refractivity contribution in [3.63, 3.8) is 0 Å². The fraction of sp³-hybridized carbons (Fsp3) is 0.263. The zero-order valence-electron chi connectivity index (χ0n) is 16.4. The van der Waals surface area contributed by atoms with Gasteiger partial charge in [-0.2, -0.15) is 18.3 Å². The van der Waals surface area contributed by atoms with E-state index >= 15 is 0 Å². The summed E-state index contributed by atoms with van der Waals surface area (Å²) in [5, 5.41) is 9.33. The maximum atomic E-state index is 13.4. The van der Waals surface area contributed by atoms with Gasteiger partial charge in [-0.05, 0) is 12.8 Å². The lowest BCUT2D eigenvalue weighted by Gasteiger charge is -2.19. The number of methoxy groups -OCH3 is 1. The third-order valence-electron chi connectivity index (χ3n) is 5.32. The predicted molar refractivity (Wildman–Crippen MR) is 109 cm³/mol. The molecule has 4 aromatic rings. The van der Waals surface area contributed by atoms with E-state index in [4.69, 9.17) is 4.74 Å². The molecule has 0 radical (unpaired) electrons. The van der Waals surface area contributed by atoms with Gasteiger partial charge in [0, 0.05) is 24.0 Å². The van der Waals surface area contributed by atoms with Crippen LogP contribution < -0.4 is 10.1 Å². The number of aromatic amines is 1. The molecule has 0 saturated heterocycles. The van der Waals surface area contributed by atoms with E-state index in [-0.39, 0.29) is 29.9 Å². The number of nitrogens with zero attached hydrogens (tertiary/aromatic N) is 5. The third kappa shape index (κ3) is 3.16. The number of hydrogen-bond acceptors (Lipinski definition) is 8. The van der Waals surface area contributed by atoms with Crippen LogP contribution in [-0.4, -0.2) is 49.3 Å². The summed E-state index contributed by atoms with van der Waals surface area (Å²) in [7, 11) is 1.33. The van der Waals surface area contributed by atoms with Crippen LogP contribution in [0.25, 0.3) is 32.9 Å². The molecule has 1 amide bonds. The van der Waals surface area contributed by atoms with Crippen LogP contribution in [0.5, 0.6) is 5.75 Å². The summed E-state index contributed by atoms with van der Waals surface area (Å²) in [5.41, 5.74) is 1.51. The second-order valence-corrected chi connectivity index (χ2v) is 8.06. The Labute approximate surface area is 182 Å². The average molecular weight is 461 g/mol. The van der Waals surface area contributed by atoms with Crippen molar-refractivity contribution < 1.29 is 22.7 Å². The normalized spacial score (nSPS) is 15.0. The Morgan fingerprint density at radius 3 is 2.75 bits per heavy atom. The van der Waals surface area contributed by atoms with E-state index in [2.05, 4.69) is 35.5 Å². The van der Waals surface area contributed by atoms with E-state index < -0.39 is 17.5 Å². The molecule has 5 rings (SSSR count). The van der Waals surface area contributed by atoms with Gasteiger partial charge in [0.25, 0.3) is 0 Å². The molecule has 0 atom stereocenters. The first-order valence-electron chi connectivity index (χ1n) is 9.35. The van der Waals surface area contributed by atoms with E-state index in [1.165, 1.54) is 30.8 Å². The molecular weight excluding hydrogens is 447 g/mol. The van der Waals surface area contributed by atoms with Gasteiger partial charge >= 0.3 is 6.18 Å². The van der Waals surface area contributed by atoms with Crippen molar-refractivity contribution in [3.05, 3.63) is 30.3 Å². The van der Waals surface area contributed by atoms with E-state index in [9.17, 15) is 18.0 Å². The highest BCUT2D eigenvalue weighted by molar-refractivity contribution is 7.13. The lowest BCUT2D eigenvalue weighted by Crippen LogP contribution is -2.37. The highest BCUT2D eigenvalue weighted by Crippen LogP contribution is 2.58. The van der Waals surface area contributed by atoms with Crippen LogP contribution in [-0.2, 0) is 4.79 Å². The Morgan fingerprint density at radius 2 is 2.09 bits per heavy atom. The Bertz CT molecular complexity index is 1320. The minimum atomic E-state index is -4.64. The minimum Gasteiger partial charge on any atom is -0.493 e. The number of rotatable bonds is 5. The largest absolute Gasteiger partial charge is 0.493 e. The van der Waals surface area contributed by atoms with Gasteiger partial charge in [-0.1, -0.05) is 0 Å². The smallest absolute Gasteiger partial charge is 0.403 e. The van der Waals surface area contributed by atoms with E-state index in [1.807, 2.05) is 0 Å². The second-order valence-electron chi connectivity index (χ2n) is 7.18. The molecule has 0 aliphatic heterocycles. The van der Waals surface area contributed by atoms with Gasteiger partial charge in [-0.25, -0.2) is 15.0 Å². The molecule has 4 aromatic heterocycles. The summed E-state index contributed by atoms with van der Waals surface area (Å²) >= 11 is 1.38. The molecule has 1 saturated carbocycles. The Hall–Kier alpha value is -3.61. The van der Waals surface area contributed by atoms with Crippen molar-refractivity contribution in [2.75, 3.05) is 12.4 Å². The number of H-pyrrole nitrogens is 1. The summed E-state index contributed by atoms with van der Waals surface area (Å²) in [4.78, 5) is 30.2. The summed E-state index contributed by atoms with van der Waals surface area (Å²) in [6.07, 6.45) is -0.551. The first-order valence-corrected chi connectivity index (χ1v) is 10.2. The van der Waals surface area contributed by atoms with Crippen LogP contribution in [0, 0.1) is 5.41 Å². The van der Waals surface area contributed by atoms with Crippen LogP contribution in [0.15, 0.2) is 30.3 Å². The van der Waals surface area contributed by atoms with E-state index in [0.717, 1.165) is 4.88 Å². The number of carbonyl (C=O) groups excluding carboxylic acids is 1. The Balaban J connectivity index is 1.61. The third-order valence-corrected chi connectivity index (χ3v) is 6.10. The predicted octanol–water partition coefficient (Wildman–Crippen LogP) is 3.83. The molecule has 0 bridgehead atoms. The number of alkyl halides is 3. The molecule has 0 unspecified atom stereocenters. The highest BCUT2D eigenvalue weighted by atomic mass is 32.1. The number of pyridine rings is 1. The Morgan fingerprint density at radius 1 is 1.28 bits per heavy atom. The van der Waals surface area contributed by atoms with Crippen LogP contribution in [0.1, 0.15) is 12.8 Å². The van der Waals surface area contributed by atoms with Crippen molar-refractivity contribution in [2.45, 2.75) is 19.0 Å². The van der Waals surface area contributed by atoms with Crippen molar-refractivity contribution in [1.82, 2.24) is 30.1 Å². The maximum Gasteiger partial charge on any atom is 0.403 e.